The molecule has 0 spiro atoms. The van der Waals surface area contributed by atoms with Crippen LogP contribution in [0.1, 0.15) is 44.2 Å². The summed E-state index contributed by atoms with van der Waals surface area (Å²) in [5, 5.41) is 0. The molecule has 4 heteroatoms. The van der Waals surface area contributed by atoms with Gasteiger partial charge in [-0.2, -0.15) is 0 Å². The van der Waals surface area contributed by atoms with E-state index in [0.29, 0.717) is 31.3 Å². The number of rotatable bonds is 3. The van der Waals surface area contributed by atoms with Crippen molar-refractivity contribution in [2.24, 2.45) is 5.73 Å². The smallest absolute Gasteiger partial charge is 0.161 e. The van der Waals surface area contributed by atoms with Crippen LogP contribution in [-0.2, 0) is 0 Å². The van der Waals surface area contributed by atoms with Gasteiger partial charge >= 0.3 is 0 Å². The first kappa shape index (κ1) is 14.7. The zero-order valence-corrected chi connectivity index (χ0v) is 13.0. The molecule has 3 rings (SSSR count). The Kier molecular flexibility index (Phi) is 4.36. The van der Waals surface area contributed by atoms with Crippen LogP contribution in [0.15, 0.2) is 18.2 Å². The van der Waals surface area contributed by atoms with E-state index in [9.17, 15) is 0 Å². The van der Waals surface area contributed by atoms with Gasteiger partial charge in [0.05, 0.1) is 0 Å². The summed E-state index contributed by atoms with van der Waals surface area (Å²) in [4.78, 5) is 2.48. The molecule has 2 N–H and O–H groups in total. The fourth-order valence-electron chi connectivity index (χ4n) is 3.38. The van der Waals surface area contributed by atoms with E-state index in [-0.39, 0.29) is 0 Å². The highest BCUT2D eigenvalue weighted by atomic mass is 16.6. The average molecular weight is 290 g/mol. The molecule has 1 saturated carbocycles. The van der Waals surface area contributed by atoms with Crippen molar-refractivity contribution in [1.82, 2.24) is 4.90 Å². The molecule has 0 radical (unpaired) electrons. The minimum Gasteiger partial charge on any atom is -0.486 e. The van der Waals surface area contributed by atoms with Gasteiger partial charge in [0.15, 0.2) is 11.5 Å². The molecule has 1 fully saturated rings. The number of ether oxygens (including phenoxy) is 2. The maximum absolute atomic E-state index is 6.01. The van der Waals surface area contributed by atoms with Gasteiger partial charge in [-0.1, -0.05) is 6.07 Å². The number of hydrogen-bond acceptors (Lipinski definition) is 4. The maximum atomic E-state index is 6.01. The lowest BCUT2D eigenvalue weighted by atomic mass is 9.89. The minimum atomic E-state index is 0.375. The van der Waals surface area contributed by atoms with Gasteiger partial charge in [0.25, 0.3) is 0 Å². The Morgan fingerprint density at radius 3 is 2.48 bits per heavy atom. The third-order valence-electron chi connectivity index (χ3n) is 4.98. The monoisotopic (exact) mass is 290 g/mol. The van der Waals surface area contributed by atoms with Crippen LogP contribution in [-0.4, -0.2) is 37.2 Å². The predicted molar refractivity (Wildman–Crippen MR) is 83.8 cm³/mol. The van der Waals surface area contributed by atoms with Gasteiger partial charge in [0.1, 0.15) is 13.2 Å². The van der Waals surface area contributed by atoms with Crippen LogP contribution >= 0.6 is 0 Å². The van der Waals surface area contributed by atoms with E-state index in [1.54, 1.807) is 0 Å². The predicted octanol–water partition coefficient (Wildman–Crippen LogP) is 2.72. The number of nitrogens with zero attached hydrogens (tertiary/aromatic N) is 1. The van der Waals surface area contributed by atoms with Gasteiger partial charge in [-0.25, -0.2) is 0 Å². The molecular formula is C17H26N2O2. The van der Waals surface area contributed by atoms with Crippen LogP contribution in [0.4, 0.5) is 0 Å². The third kappa shape index (κ3) is 3.16. The van der Waals surface area contributed by atoms with Crippen molar-refractivity contribution in [3.8, 4) is 11.5 Å². The zero-order chi connectivity index (χ0) is 14.8. The van der Waals surface area contributed by atoms with E-state index in [0.717, 1.165) is 24.3 Å². The van der Waals surface area contributed by atoms with Crippen molar-refractivity contribution in [3.63, 3.8) is 0 Å². The minimum absolute atomic E-state index is 0.375. The van der Waals surface area contributed by atoms with Gasteiger partial charge in [-0.15, -0.1) is 0 Å². The second-order valence-electron chi connectivity index (χ2n) is 6.31. The first-order valence-electron chi connectivity index (χ1n) is 8.02. The highest BCUT2D eigenvalue weighted by Gasteiger charge is 2.26. The number of nitrogens with two attached hydrogens (primary N) is 1. The first-order chi connectivity index (χ1) is 10.1. The summed E-state index contributed by atoms with van der Waals surface area (Å²) in [5.74, 6) is 1.74. The Balaban J connectivity index is 1.70. The summed E-state index contributed by atoms with van der Waals surface area (Å²) in [5.41, 5.74) is 7.30. The first-order valence-corrected chi connectivity index (χ1v) is 8.02. The molecule has 0 amide bonds. The van der Waals surface area contributed by atoms with Gasteiger partial charge in [-0.3, -0.25) is 4.90 Å². The Hall–Kier alpha value is -1.26. The van der Waals surface area contributed by atoms with Crippen molar-refractivity contribution < 1.29 is 9.47 Å². The fraction of sp³-hybridized carbons (Fsp3) is 0.647. The molecule has 4 nitrogen and oxygen atoms in total. The molecule has 2 aliphatic rings. The molecule has 0 saturated heterocycles. The summed E-state index contributed by atoms with van der Waals surface area (Å²) in [6, 6.07) is 7.73. The SMILES string of the molecule is CC(c1ccc2c(c1)OCCO2)N(C)C1CCC(N)CC1. The molecule has 1 aromatic carbocycles. The molecule has 0 bridgehead atoms. The molecule has 1 aromatic rings. The van der Waals surface area contributed by atoms with Crippen molar-refractivity contribution in [2.75, 3.05) is 20.3 Å². The van der Waals surface area contributed by atoms with E-state index in [1.807, 2.05) is 6.07 Å². The second-order valence-corrected chi connectivity index (χ2v) is 6.31. The Bertz CT molecular complexity index is 484. The van der Waals surface area contributed by atoms with Crippen molar-refractivity contribution in [1.29, 1.82) is 0 Å². The summed E-state index contributed by atoms with van der Waals surface area (Å²) >= 11 is 0. The second kappa shape index (κ2) is 6.24. The fourth-order valence-corrected chi connectivity index (χ4v) is 3.38. The van der Waals surface area contributed by atoms with Gasteiger partial charge in [-0.05, 0) is 57.4 Å². The number of benzene rings is 1. The van der Waals surface area contributed by atoms with Crippen LogP contribution in [0, 0.1) is 0 Å². The molecule has 1 atom stereocenters. The molecule has 1 aliphatic carbocycles. The maximum Gasteiger partial charge on any atom is 0.161 e. The average Bonchev–Trinajstić information content (AvgIpc) is 2.54. The lowest BCUT2D eigenvalue weighted by Crippen LogP contribution is -2.39. The number of hydrogen-bond donors (Lipinski definition) is 1. The molecule has 116 valence electrons. The zero-order valence-electron chi connectivity index (χ0n) is 13.0. The van der Waals surface area contributed by atoms with Crippen molar-refractivity contribution in [2.45, 2.75) is 50.7 Å². The molecular weight excluding hydrogens is 264 g/mol. The summed E-state index contributed by atoms with van der Waals surface area (Å²) in [7, 11) is 2.23. The lowest BCUT2D eigenvalue weighted by Gasteiger charge is -2.37. The Morgan fingerprint density at radius 2 is 1.76 bits per heavy atom. The van der Waals surface area contributed by atoms with Gasteiger partial charge in [0.2, 0.25) is 0 Å². The highest BCUT2D eigenvalue weighted by molar-refractivity contribution is 5.44. The van der Waals surface area contributed by atoms with E-state index in [4.69, 9.17) is 15.2 Å². The van der Waals surface area contributed by atoms with E-state index >= 15 is 0 Å². The summed E-state index contributed by atoms with van der Waals surface area (Å²) in [6.45, 7) is 3.55. The largest absolute Gasteiger partial charge is 0.486 e. The molecule has 1 aliphatic heterocycles. The standard InChI is InChI=1S/C17H26N2O2/c1-12(19(2)15-6-4-14(18)5-7-15)13-3-8-16-17(11-13)21-10-9-20-16/h3,8,11-12,14-15H,4-7,9-10,18H2,1-2H3. The normalized spacial score (nSPS) is 26.7. The van der Waals surface area contributed by atoms with Crippen molar-refractivity contribution >= 4 is 0 Å². The highest BCUT2D eigenvalue weighted by Crippen LogP contribution is 2.35. The summed E-state index contributed by atoms with van der Waals surface area (Å²) < 4.78 is 11.3. The topological polar surface area (TPSA) is 47.7 Å². The van der Waals surface area contributed by atoms with E-state index in [1.165, 1.54) is 18.4 Å². The van der Waals surface area contributed by atoms with Gasteiger partial charge < -0.3 is 15.2 Å². The van der Waals surface area contributed by atoms with Crippen LogP contribution in [0.2, 0.25) is 0 Å². The Morgan fingerprint density at radius 1 is 1.10 bits per heavy atom. The lowest BCUT2D eigenvalue weighted by molar-refractivity contribution is 0.139. The van der Waals surface area contributed by atoms with Crippen LogP contribution in [0.5, 0.6) is 11.5 Å². The third-order valence-corrected chi connectivity index (χ3v) is 4.98. The molecule has 0 aromatic heterocycles. The van der Waals surface area contributed by atoms with E-state index in [2.05, 4.69) is 31.0 Å². The molecule has 1 heterocycles. The van der Waals surface area contributed by atoms with Crippen molar-refractivity contribution in [3.05, 3.63) is 23.8 Å². The quantitative estimate of drug-likeness (QED) is 0.930. The van der Waals surface area contributed by atoms with Crippen LogP contribution in [0.25, 0.3) is 0 Å². The van der Waals surface area contributed by atoms with E-state index < -0.39 is 0 Å². The van der Waals surface area contributed by atoms with Crippen LogP contribution < -0.4 is 15.2 Å². The number of fused-ring (bicyclic) bond motifs is 1. The Labute approximate surface area is 127 Å². The summed E-state index contributed by atoms with van der Waals surface area (Å²) in [6.07, 6.45) is 4.69. The van der Waals surface area contributed by atoms with Gasteiger partial charge in [0, 0.05) is 18.1 Å². The molecule has 1 unspecified atom stereocenters. The molecule has 21 heavy (non-hydrogen) atoms. The van der Waals surface area contributed by atoms with Crippen LogP contribution in [0.3, 0.4) is 0 Å².